The van der Waals surface area contributed by atoms with Crippen LogP contribution in [0.25, 0.3) is 22.3 Å². The molecule has 30 heavy (non-hydrogen) atoms. The molecular formula is C21H24F2N4O3. The Morgan fingerprint density at radius 1 is 1.17 bits per heavy atom. The molecule has 160 valence electrons. The first-order chi connectivity index (χ1) is 14.5. The lowest BCUT2D eigenvalue weighted by Gasteiger charge is -2.21. The summed E-state index contributed by atoms with van der Waals surface area (Å²) in [5, 5.41) is 3.30. The van der Waals surface area contributed by atoms with Crippen LogP contribution >= 0.6 is 0 Å². The number of rotatable bonds is 7. The molecule has 3 heterocycles. The van der Waals surface area contributed by atoms with Crippen molar-refractivity contribution in [2.24, 2.45) is 5.92 Å². The van der Waals surface area contributed by atoms with E-state index in [1.807, 2.05) is 13.0 Å². The normalized spacial score (nSPS) is 17.5. The Kier molecular flexibility index (Phi) is 5.72. The van der Waals surface area contributed by atoms with Crippen LogP contribution in [0.2, 0.25) is 0 Å². The van der Waals surface area contributed by atoms with Gasteiger partial charge in [-0.2, -0.15) is 8.78 Å². The highest BCUT2D eigenvalue weighted by molar-refractivity contribution is 5.85. The number of halogens is 2. The fourth-order valence-electron chi connectivity index (χ4n) is 3.75. The molecule has 1 aromatic carbocycles. The lowest BCUT2D eigenvalue weighted by atomic mass is 10.0. The van der Waals surface area contributed by atoms with Crippen molar-refractivity contribution in [3.05, 3.63) is 30.6 Å². The largest absolute Gasteiger partial charge is 0.493 e. The first kappa shape index (κ1) is 20.3. The van der Waals surface area contributed by atoms with Gasteiger partial charge in [0.1, 0.15) is 17.9 Å². The minimum atomic E-state index is -2.74. The van der Waals surface area contributed by atoms with Gasteiger partial charge in [0, 0.05) is 18.0 Å². The van der Waals surface area contributed by atoms with Crippen LogP contribution in [0.3, 0.4) is 0 Å². The summed E-state index contributed by atoms with van der Waals surface area (Å²) in [6.07, 6.45) is 1.90. The molecule has 0 aliphatic carbocycles. The molecule has 3 aromatic rings. The van der Waals surface area contributed by atoms with E-state index in [4.69, 9.17) is 14.2 Å². The van der Waals surface area contributed by atoms with Crippen molar-refractivity contribution in [3.8, 4) is 28.6 Å². The number of methoxy groups -OCH3 is 2. The molecule has 0 amide bonds. The van der Waals surface area contributed by atoms with Gasteiger partial charge in [0.15, 0.2) is 11.5 Å². The molecule has 2 atom stereocenters. The molecule has 9 heteroatoms. The first-order valence-corrected chi connectivity index (χ1v) is 9.77. The molecule has 0 spiro atoms. The molecule has 1 fully saturated rings. The van der Waals surface area contributed by atoms with Crippen LogP contribution in [0.1, 0.15) is 19.9 Å². The first-order valence-electron chi connectivity index (χ1n) is 9.77. The zero-order chi connectivity index (χ0) is 21.3. The number of ether oxygens (including phenoxy) is 3. The Balaban J connectivity index is 1.80. The second kappa shape index (κ2) is 8.43. The maximum Gasteiger partial charge on any atom is 0.320 e. The molecule has 1 N–H and O–H groups in total. The highest BCUT2D eigenvalue weighted by atomic mass is 19.3. The zero-order valence-corrected chi connectivity index (χ0v) is 17.1. The number of benzene rings is 1. The molecule has 1 aliphatic rings. The van der Waals surface area contributed by atoms with Crippen molar-refractivity contribution in [2.45, 2.75) is 26.0 Å². The van der Waals surface area contributed by atoms with Gasteiger partial charge in [-0.3, -0.25) is 4.57 Å². The van der Waals surface area contributed by atoms with Gasteiger partial charge in [-0.15, -0.1) is 0 Å². The van der Waals surface area contributed by atoms with Gasteiger partial charge < -0.3 is 19.5 Å². The Hall–Kier alpha value is -2.94. The topological polar surface area (TPSA) is 70.4 Å². The average Bonchev–Trinajstić information content (AvgIpc) is 3.43. The van der Waals surface area contributed by atoms with Crippen LogP contribution in [-0.4, -0.2) is 47.9 Å². The lowest BCUT2D eigenvalue weighted by molar-refractivity contribution is 0.0731. The van der Waals surface area contributed by atoms with Crippen LogP contribution in [0, 0.1) is 5.92 Å². The number of aromatic nitrogens is 3. The van der Waals surface area contributed by atoms with E-state index in [9.17, 15) is 8.78 Å². The molecule has 0 unspecified atom stereocenters. The number of pyridine rings is 1. The third kappa shape index (κ3) is 3.77. The highest BCUT2D eigenvalue weighted by Crippen LogP contribution is 2.36. The monoisotopic (exact) mass is 418 g/mol. The number of hydrogen-bond donors (Lipinski definition) is 1. The summed E-state index contributed by atoms with van der Waals surface area (Å²) >= 11 is 0. The third-order valence-corrected chi connectivity index (χ3v) is 5.47. The van der Waals surface area contributed by atoms with Gasteiger partial charge in [-0.1, -0.05) is 0 Å². The summed E-state index contributed by atoms with van der Waals surface area (Å²) in [4.78, 5) is 8.76. The minimum absolute atomic E-state index is 0.148. The summed E-state index contributed by atoms with van der Waals surface area (Å²) < 4.78 is 44.7. The van der Waals surface area contributed by atoms with Crippen LogP contribution < -0.4 is 19.5 Å². The maximum absolute atomic E-state index is 13.6. The average molecular weight is 418 g/mol. The summed E-state index contributed by atoms with van der Waals surface area (Å²) in [5.74, 6) is 1.56. The molecule has 1 aliphatic heterocycles. The molecular weight excluding hydrogens is 394 g/mol. The van der Waals surface area contributed by atoms with E-state index in [1.165, 1.54) is 0 Å². The van der Waals surface area contributed by atoms with E-state index in [0.29, 0.717) is 22.7 Å². The number of imidazole rings is 1. The molecule has 1 saturated heterocycles. The number of hydrogen-bond acceptors (Lipinski definition) is 6. The van der Waals surface area contributed by atoms with Gasteiger partial charge in [0.05, 0.1) is 25.4 Å². The van der Waals surface area contributed by atoms with Crippen molar-refractivity contribution in [3.63, 3.8) is 0 Å². The number of nitrogens with one attached hydrogen (secondary N) is 1. The highest BCUT2D eigenvalue weighted by Gasteiger charge is 2.26. The fraction of sp³-hybridized carbons (Fsp3) is 0.429. The van der Waals surface area contributed by atoms with Crippen LogP contribution in [-0.2, 0) is 0 Å². The standard InChI is InChI=1S/C21H24F2N4O3/c1-12(14-6-7-24-10-14)30-20-19-16(25-11-27(19)21(22)23)9-15(26-20)13-4-5-17(28-2)18(8-13)29-3/h4-5,8-9,11-12,14,21,24H,6-7,10H2,1-3H3/t12-,14-/m1/s1. The van der Waals surface area contributed by atoms with E-state index in [-0.39, 0.29) is 23.4 Å². The van der Waals surface area contributed by atoms with Crippen molar-refractivity contribution >= 4 is 11.0 Å². The molecule has 4 rings (SSSR count). The summed E-state index contributed by atoms with van der Waals surface area (Å²) in [5.41, 5.74) is 1.87. The summed E-state index contributed by atoms with van der Waals surface area (Å²) in [6, 6.07) is 7.05. The van der Waals surface area contributed by atoms with Gasteiger partial charge >= 0.3 is 6.55 Å². The fourth-order valence-corrected chi connectivity index (χ4v) is 3.75. The maximum atomic E-state index is 13.6. The molecule has 7 nitrogen and oxygen atoms in total. The van der Waals surface area contributed by atoms with E-state index in [0.717, 1.165) is 36.0 Å². The molecule has 0 bridgehead atoms. The van der Waals surface area contributed by atoms with E-state index < -0.39 is 6.55 Å². The molecule has 0 saturated carbocycles. The Morgan fingerprint density at radius 2 is 1.97 bits per heavy atom. The van der Waals surface area contributed by atoms with Gasteiger partial charge in [-0.25, -0.2) is 9.97 Å². The molecule has 0 radical (unpaired) electrons. The van der Waals surface area contributed by atoms with E-state index in [2.05, 4.69) is 15.3 Å². The smallest absolute Gasteiger partial charge is 0.320 e. The summed E-state index contributed by atoms with van der Waals surface area (Å²) in [7, 11) is 3.11. The zero-order valence-electron chi connectivity index (χ0n) is 17.1. The SMILES string of the molecule is COc1ccc(-c2cc3ncn(C(F)F)c3c(O[C@H](C)[C@@H]3CCNC3)n2)cc1OC. The second-order valence-electron chi connectivity index (χ2n) is 7.26. The van der Waals surface area contributed by atoms with Crippen molar-refractivity contribution < 1.29 is 23.0 Å². The van der Waals surface area contributed by atoms with Gasteiger partial charge in [-0.05, 0) is 44.2 Å². The third-order valence-electron chi connectivity index (χ3n) is 5.47. The lowest BCUT2D eigenvalue weighted by Crippen LogP contribution is -2.26. The van der Waals surface area contributed by atoms with E-state index >= 15 is 0 Å². The molecule has 2 aromatic heterocycles. The second-order valence-corrected chi connectivity index (χ2v) is 7.26. The quantitative estimate of drug-likeness (QED) is 0.628. The number of nitrogens with zero attached hydrogens (tertiary/aromatic N) is 3. The van der Waals surface area contributed by atoms with Crippen LogP contribution in [0.5, 0.6) is 17.4 Å². The van der Waals surface area contributed by atoms with Crippen LogP contribution in [0.15, 0.2) is 30.6 Å². The van der Waals surface area contributed by atoms with Crippen molar-refractivity contribution in [2.75, 3.05) is 27.3 Å². The number of alkyl halides is 2. The Bertz CT molecular complexity index is 1030. The Morgan fingerprint density at radius 3 is 2.63 bits per heavy atom. The number of fused-ring (bicyclic) bond motifs is 1. The van der Waals surface area contributed by atoms with Gasteiger partial charge in [0.2, 0.25) is 5.88 Å². The van der Waals surface area contributed by atoms with Crippen molar-refractivity contribution in [1.82, 2.24) is 19.9 Å². The predicted molar refractivity (Wildman–Crippen MR) is 108 cm³/mol. The van der Waals surface area contributed by atoms with E-state index in [1.54, 1.807) is 32.4 Å². The van der Waals surface area contributed by atoms with Crippen LogP contribution in [0.4, 0.5) is 8.78 Å². The van der Waals surface area contributed by atoms with Crippen molar-refractivity contribution in [1.29, 1.82) is 0 Å². The Labute approximate surface area is 173 Å². The predicted octanol–water partition coefficient (Wildman–Crippen LogP) is 3.89. The van der Waals surface area contributed by atoms with Gasteiger partial charge in [0.25, 0.3) is 0 Å². The summed E-state index contributed by atoms with van der Waals surface area (Å²) in [6.45, 7) is 0.946. The minimum Gasteiger partial charge on any atom is -0.493 e.